The Hall–Kier alpha value is -2.56. The number of rotatable bonds is 4. The molecule has 28 heavy (non-hydrogen) atoms. The Morgan fingerprint density at radius 2 is 1.89 bits per heavy atom. The van der Waals surface area contributed by atoms with E-state index in [9.17, 15) is 18.0 Å². The summed E-state index contributed by atoms with van der Waals surface area (Å²) in [5.41, 5.74) is 1.15. The maximum absolute atomic E-state index is 12.8. The molecule has 1 N–H and O–H groups in total. The van der Waals surface area contributed by atoms with Gasteiger partial charge in [0.05, 0.1) is 4.90 Å². The lowest BCUT2D eigenvalue weighted by atomic mass is 10.2. The molecule has 1 amide bonds. The lowest BCUT2D eigenvalue weighted by Crippen LogP contribution is -2.27. The molecular weight excluding hydrogens is 400 g/mol. The van der Waals surface area contributed by atoms with Gasteiger partial charge in [-0.2, -0.15) is 0 Å². The summed E-state index contributed by atoms with van der Waals surface area (Å²) in [7, 11) is -0.789. The van der Waals surface area contributed by atoms with Crippen LogP contribution in [0.1, 0.15) is 26.5 Å². The van der Waals surface area contributed by atoms with Crippen LogP contribution in [0.25, 0.3) is 4.96 Å². The van der Waals surface area contributed by atoms with Crippen LogP contribution in [-0.2, 0) is 10.0 Å². The monoisotopic (exact) mass is 420 g/mol. The normalized spacial score (nSPS) is 11.9. The minimum absolute atomic E-state index is 0.0491. The molecule has 0 bridgehead atoms. The zero-order valence-corrected chi connectivity index (χ0v) is 17.7. The number of anilines is 1. The average molecular weight is 421 g/mol. The van der Waals surface area contributed by atoms with Crippen molar-refractivity contribution in [3.05, 3.63) is 56.4 Å². The lowest BCUT2D eigenvalue weighted by Gasteiger charge is -2.14. The van der Waals surface area contributed by atoms with Crippen molar-refractivity contribution in [2.24, 2.45) is 0 Å². The van der Waals surface area contributed by atoms with Crippen LogP contribution in [0.15, 0.2) is 34.1 Å². The van der Waals surface area contributed by atoms with Gasteiger partial charge in [0.1, 0.15) is 5.56 Å². The Morgan fingerprint density at radius 1 is 1.21 bits per heavy atom. The van der Waals surface area contributed by atoms with Crippen molar-refractivity contribution in [3.8, 4) is 0 Å². The number of aryl methyl sites for hydroxylation is 3. The number of amides is 1. The molecule has 0 aliphatic rings. The van der Waals surface area contributed by atoms with E-state index in [1.54, 1.807) is 19.9 Å². The van der Waals surface area contributed by atoms with Gasteiger partial charge < -0.3 is 5.32 Å². The molecular formula is C18H20N4O4S2. The van der Waals surface area contributed by atoms with E-state index < -0.39 is 21.5 Å². The molecule has 1 aromatic carbocycles. The third kappa shape index (κ3) is 3.34. The molecule has 0 aliphatic carbocycles. The van der Waals surface area contributed by atoms with Crippen molar-refractivity contribution in [2.75, 3.05) is 19.4 Å². The highest BCUT2D eigenvalue weighted by molar-refractivity contribution is 7.89. The molecule has 8 nitrogen and oxygen atoms in total. The van der Waals surface area contributed by atoms with Gasteiger partial charge in [-0.1, -0.05) is 6.07 Å². The second kappa shape index (κ2) is 7.12. The van der Waals surface area contributed by atoms with Gasteiger partial charge >= 0.3 is 0 Å². The minimum Gasteiger partial charge on any atom is -0.321 e. The number of hydrogen-bond donors (Lipinski definition) is 1. The summed E-state index contributed by atoms with van der Waals surface area (Å²) in [6.45, 7) is 5.42. The molecule has 10 heteroatoms. The second-order valence-electron chi connectivity index (χ2n) is 6.56. The fourth-order valence-corrected chi connectivity index (χ4v) is 4.49. The van der Waals surface area contributed by atoms with Gasteiger partial charge in [0.25, 0.3) is 11.5 Å². The smallest absolute Gasteiger partial charge is 0.271 e. The van der Waals surface area contributed by atoms with E-state index in [0.29, 0.717) is 16.2 Å². The number of nitrogens with zero attached hydrogens (tertiary/aromatic N) is 3. The predicted molar refractivity (Wildman–Crippen MR) is 109 cm³/mol. The first-order chi connectivity index (χ1) is 13.0. The van der Waals surface area contributed by atoms with Crippen molar-refractivity contribution in [1.82, 2.24) is 13.7 Å². The van der Waals surface area contributed by atoms with Gasteiger partial charge in [-0.15, -0.1) is 11.3 Å². The van der Waals surface area contributed by atoms with Crippen molar-refractivity contribution in [3.63, 3.8) is 0 Å². The van der Waals surface area contributed by atoms with Crippen LogP contribution in [0.5, 0.6) is 0 Å². The quantitative estimate of drug-likeness (QED) is 0.697. The second-order valence-corrected chi connectivity index (χ2v) is 9.89. The number of nitrogens with one attached hydrogen (secondary N) is 1. The number of benzene rings is 1. The number of thiazole rings is 1. The van der Waals surface area contributed by atoms with Crippen molar-refractivity contribution < 1.29 is 13.2 Å². The minimum atomic E-state index is -3.65. The van der Waals surface area contributed by atoms with Crippen molar-refractivity contribution in [2.45, 2.75) is 25.7 Å². The van der Waals surface area contributed by atoms with Crippen LogP contribution in [0.3, 0.4) is 0 Å². The molecule has 0 unspecified atom stereocenters. The molecule has 0 saturated heterocycles. The first-order valence-electron chi connectivity index (χ1n) is 8.36. The fourth-order valence-electron chi connectivity index (χ4n) is 2.63. The van der Waals surface area contributed by atoms with Gasteiger partial charge in [-0.05, 0) is 38.5 Å². The highest BCUT2D eigenvalue weighted by Gasteiger charge is 2.21. The van der Waals surface area contributed by atoms with Gasteiger partial charge in [0, 0.05) is 36.6 Å². The number of hydrogen-bond acceptors (Lipinski definition) is 6. The summed E-state index contributed by atoms with van der Waals surface area (Å²) >= 11 is 1.38. The van der Waals surface area contributed by atoms with E-state index in [4.69, 9.17) is 0 Å². The molecule has 2 heterocycles. The van der Waals surface area contributed by atoms with E-state index in [1.165, 1.54) is 48.2 Å². The zero-order valence-electron chi connectivity index (χ0n) is 16.1. The van der Waals surface area contributed by atoms with E-state index in [1.807, 2.05) is 6.92 Å². The largest absolute Gasteiger partial charge is 0.321 e. The van der Waals surface area contributed by atoms with E-state index in [2.05, 4.69) is 10.3 Å². The van der Waals surface area contributed by atoms with E-state index in [0.717, 1.165) is 14.9 Å². The van der Waals surface area contributed by atoms with Gasteiger partial charge in [-0.25, -0.2) is 17.7 Å². The van der Waals surface area contributed by atoms with Gasteiger partial charge in [-0.3, -0.25) is 14.0 Å². The van der Waals surface area contributed by atoms with Gasteiger partial charge in [0.15, 0.2) is 4.96 Å². The van der Waals surface area contributed by atoms with Crippen LogP contribution in [0.4, 0.5) is 5.69 Å². The standard InChI is InChI=1S/C18H20N4O4S2/c1-10-6-7-13(28(25,26)21(4)5)8-15(10)20-16(23)14-9-19-18-22(17(14)24)11(2)12(3)27-18/h6-9H,1-5H3,(H,20,23). The molecule has 0 aliphatic heterocycles. The molecule has 0 spiro atoms. The summed E-state index contributed by atoms with van der Waals surface area (Å²) in [4.78, 5) is 31.2. The molecule has 0 atom stereocenters. The molecule has 3 rings (SSSR count). The number of sulfonamides is 1. The zero-order chi connectivity index (χ0) is 20.8. The van der Waals surface area contributed by atoms with Crippen LogP contribution < -0.4 is 10.9 Å². The predicted octanol–water partition coefficient (Wildman–Crippen LogP) is 2.18. The first-order valence-corrected chi connectivity index (χ1v) is 10.6. The highest BCUT2D eigenvalue weighted by atomic mass is 32.2. The highest BCUT2D eigenvalue weighted by Crippen LogP contribution is 2.23. The third-order valence-electron chi connectivity index (χ3n) is 4.50. The Balaban J connectivity index is 2.02. The summed E-state index contributed by atoms with van der Waals surface area (Å²) in [5.74, 6) is -0.641. The Kier molecular flexibility index (Phi) is 5.13. The summed E-state index contributed by atoms with van der Waals surface area (Å²) < 4.78 is 27.2. The molecule has 0 fully saturated rings. The topological polar surface area (TPSA) is 101 Å². The number of carbonyl (C=O) groups is 1. The van der Waals surface area contributed by atoms with Crippen LogP contribution >= 0.6 is 11.3 Å². The van der Waals surface area contributed by atoms with Crippen molar-refractivity contribution in [1.29, 1.82) is 0 Å². The van der Waals surface area contributed by atoms with Crippen LogP contribution in [0.2, 0.25) is 0 Å². The van der Waals surface area contributed by atoms with Crippen molar-refractivity contribution >= 4 is 37.9 Å². The van der Waals surface area contributed by atoms with Crippen LogP contribution in [0, 0.1) is 20.8 Å². The molecule has 2 aromatic heterocycles. The lowest BCUT2D eigenvalue weighted by molar-refractivity contribution is 0.102. The molecule has 148 valence electrons. The Morgan fingerprint density at radius 3 is 2.54 bits per heavy atom. The third-order valence-corrected chi connectivity index (χ3v) is 7.38. The van der Waals surface area contributed by atoms with Gasteiger partial charge in [0.2, 0.25) is 10.0 Å². The molecule has 0 radical (unpaired) electrons. The summed E-state index contributed by atoms with van der Waals surface area (Å²) in [6, 6.07) is 4.46. The van der Waals surface area contributed by atoms with Crippen LogP contribution in [-0.4, -0.2) is 42.1 Å². The Labute approximate surface area is 166 Å². The SMILES string of the molecule is Cc1ccc(S(=O)(=O)N(C)C)cc1NC(=O)c1cnc2sc(C)c(C)n2c1=O. The molecule has 0 saturated carbocycles. The average Bonchev–Trinajstić information content (AvgIpc) is 2.91. The van der Waals surface area contributed by atoms with E-state index in [-0.39, 0.29) is 10.5 Å². The van der Waals surface area contributed by atoms with E-state index >= 15 is 0 Å². The number of fused-ring (bicyclic) bond motifs is 1. The Bertz CT molecular complexity index is 1260. The fraction of sp³-hybridized carbons (Fsp3) is 0.278. The number of aromatic nitrogens is 2. The molecule has 3 aromatic rings. The summed E-state index contributed by atoms with van der Waals surface area (Å²) in [5, 5.41) is 2.64. The number of carbonyl (C=O) groups excluding carboxylic acids is 1. The summed E-state index contributed by atoms with van der Waals surface area (Å²) in [6.07, 6.45) is 1.25. The first kappa shape index (κ1) is 20.2. The maximum Gasteiger partial charge on any atom is 0.271 e. The maximum atomic E-state index is 12.8.